The average Bonchev–Trinajstić information content (AvgIpc) is 2.61. The van der Waals surface area contributed by atoms with Gasteiger partial charge in [0.15, 0.2) is 5.75 Å². The van der Waals surface area contributed by atoms with Gasteiger partial charge >= 0.3 is 12.1 Å². The molecule has 0 radical (unpaired) electrons. The number of aromatic hydroxyl groups is 1. The molecule has 1 heterocycles. The molecule has 2 aromatic carbocycles. The predicted molar refractivity (Wildman–Crippen MR) is 101 cm³/mol. The Balaban J connectivity index is 2.08. The summed E-state index contributed by atoms with van der Waals surface area (Å²) in [5.41, 5.74) is -2.29. The van der Waals surface area contributed by atoms with E-state index in [4.69, 9.17) is 11.6 Å². The Morgan fingerprint density at radius 3 is 2.28 bits per heavy atom. The number of aromatic carboxylic acids is 1. The lowest BCUT2D eigenvalue weighted by Crippen LogP contribution is -2.37. The van der Waals surface area contributed by atoms with Gasteiger partial charge in [-0.25, -0.2) is 9.78 Å². The summed E-state index contributed by atoms with van der Waals surface area (Å²) in [5.74, 6) is -2.11. The van der Waals surface area contributed by atoms with E-state index in [9.17, 15) is 28.2 Å². The molecule has 1 aliphatic carbocycles. The van der Waals surface area contributed by atoms with E-state index >= 15 is 0 Å². The van der Waals surface area contributed by atoms with Gasteiger partial charge in [0.2, 0.25) is 0 Å². The summed E-state index contributed by atoms with van der Waals surface area (Å²) in [6, 6.07) is 9.93. The first-order chi connectivity index (χ1) is 13.6. The van der Waals surface area contributed by atoms with Gasteiger partial charge in [-0.2, -0.15) is 13.2 Å². The van der Waals surface area contributed by atoms with E-state index in [2.05, 4.69) is 4.98 Å². The van der Waals surface area contributed by atoms with Crippen LogP contribution in [0.2, 0.25) is 5.02 Å². The molecule has 0 unspecified atom stereocenters. The number of carboxylic acid groups (broad SMARTS) is 1. The topological polar surface area (TPSA) is 70.4 Å². The molecule has 0 amide bonds. The first-order valence-corrected chi connectivity index (χ1v) is 9.25. The lowest BCUT2D eigenvalue weighted by atomic mass is 9.62. The number of halogens is 4. The second kappa shape index (κ2) is 6.62. The van der Waals surface area contributed by atoms with E-state index in [-0.39, 0.29) is 11.1 Å². The third-order valence-corrected chi connectivity index (χ3v) is 5.82. The van der Waals surface area contributed by atoms with Crippen LogP contribution in [0.25, 0.3) is 10.9 Å². The third-order valence-electron chi connectivity index (χ3n) is 5.57. The summed E-state index contributed by atoms with van der Waals surface area (Å²) in [7, 11) is 0. The number of aromatic nitrogens is 1. The number of rotatable bonds is 3. The van der Waals surface area contributed by atoms with Gasteiger partial charge in [0.05, 0.1) is 16.8 Å². The summed E-state index contributed by atoms with van der Waals surface area (Å²) in [4.78, 5) is 16.1. The molecule has 0 atom stereocenters. The number of carboxylic acids is 1. The maximum Gasteiger partial charge on any atom is 0.418 e. The summed E-state index contributed by atoms with van der Waals surface area (Å²) in [6.07, 6.45) is -2.91. The highest BCUT2D eigenvalue weighted by molar-refractivity contribution is 6.30. The van der Waals surface area contributed by atoms with Gasteiger partial charge in [0.25, 0.3) is 0 Å². The molecule has 1 aliphatic rings. The van der Waals surface area contributed by atoms with Gasteiger partial charge in [-0.1, -0.05) is 42.3 Å². The van der Waals surface area contributed by atoms with Crippen LogP contribution < -0.4 is 0 Å². The molecule has 0 saturated heterocycles. The van der Waals surface area contributed by atoms with Crippen molar-refractivity contribution in [2.75, 3.05) is 0 Å². The van der Waals surface area contributed by atoms with Crippen molar-refractivity contribution in [3.05, 3.63) is 69.9 Å². The van der Waals surface area contributed by atoms with Crippen molar-refractivity contribution in [1.82, 2.24) is 4.98 Å². The second-order valence-corrected chi connectivity index (χ2v) is 7.57. The van der Waals surface area contributed by atoms with Gasteiger partial charge in [-0.15, -0.1) is 0 Å². The van der Waals surface area contributed by atoms with Gasteiger partial charge < -0.3 is 10.2 Å². The van der Waals surface area contributed by atoms with Crippen molar-refractivity contribution in [3.8, 4) is 5.75 Å². The van der Waals surface area contributed by atoms with E-state index < -0.39 is 40.0 Å². The minimum absolute atomic E-state index is 0.0485. The molecule has 0 spiro atoms. The van der Waals surface area contributed by atoms with Crippen LogP contribution in [-0.4, -0.2) is 21.2 Å². The number of para-hydroxylation sites is 1. The largest absolute Gasteiger partial charge is 0.505 e. The summed E-state index contributed by atoms with van der Waals surface area (Å²) >= 11 is 5.95. The van der Waals surface area contributed by atoms with Crippen LogP contribution in [0.5, 0.6) is 5.75 Å². The molecule has 0 bridgehead atoms. The van der Waals surface area contributed by atoms with E-state index in [1.165, 1.54) is 6.07 Å². The highest BCUT2D eigenvalue weighted by Gasteiger charge is 2.45. The second-order valence-electron chi connectivity index (χ2n) is 7.13. The molecule has 2 N–H and O–H groups in total. The first kappa shape index (κ1) is 19.5. The Kier molecular flexibility index (Phi) is 4.46. The van der Waals surface area contributed by atoms with Crippen molar-refractivity contribution in [3.63, 3.8) is 0 Å². The number of alkyl halides is 3. The van der Waals surface area contributed by atoms with Crippen molar-refractivity contribution in [2.45, 2.75) is 30.9 Å². The highest BCUT2D eigenvalue weighted by atomic mass is 35.5. The van der Waals surface area contributed by atoms with Gasteiger partial charge in [0, 0.05) is 15.8 Å². The standard InChI is InChI=1S/C21H15ClF3NO3/c22-12-7-5-11(6-8-12)20(9-2-10-20)18-17(27)15(19(28)29)13-3-1-4-14(16(13)26-18)21(23,24)25/h1,3-8,27H,2,9-10H2,(H,28,29). The van der Waals surface area contributed by atoms with Crippen LogP contribution in [0.3, 0.4) is 0 Å². The molecule has 1 saturated carbocycles. The molecule has 4 rings (SSSR count). The number of fused-ring (bicyclic) bond motifs is 1. The fourth-order valence-electron chi connectivity index (χ4n) is 4.02. The van der Waals surface area contributed by atoms with E-state index in [0.29, 0.717) is 17.9 Å². The number of benzene rings is 2. The van der Waals surface area contributed by atoms with E-state index in [0.717, 1.165) is 24.1 Å². The van der Waals surface area contributed by atoms with Crippen LogP contribution in [0.4, 0.5) is 13.2 Å². The van der Waals surface area contributed by atoms with Crippen LogP contribution in [0, 0.1) is 0 Å². The normalized spacial score (nSPS) is 15.9. The first-order valence-electron chi connectivity index (χ1n) is 8.88. The Morgan fingerprint density at radius 2 is 1.76 bits per heavy atom. The predicted octanol–water partition coefficient (Wildman–Crippen LogP) is 5.78. The van der Waals surface area contributed by atoms with Gasteiger partial charge in [-0.3, -0.25) is 0 Å². The minimum atomic E-state index is -4.72. The van der Waals surface area contributed by atoms with Crippen LogP contribution in [0.15, 0.2) is 42.5 Å². The van der Waals surface area contributed by atoms with Crippen molar-refractivity contribution in [1.29, 1.82) is 0 Å². The number of hydrogen-bond acceptors (Lipinski definition) is 3. The van der Waals surface area contributed by atoms with Gasteiger partial charge in [0.1, 0.15) is 5.56 Å². The third kappa shape index (κ3) is 3.00. The van der Waals surface area contributed by atoms with E-state index in [1.807, 2.05) is 0 Å². The van der Waals surface area contributed by atoms with Crippen LogP contribution in [0.1, 0.15) is 46.4 Å². The van der Waals surface area contributed by atoms with Crippen molar-refractivity contribution in [2.24, 2.45) is 0 Å². The molecule has 3 aromatic rings. The molecule has 8 heteroatoms. The maximum atomic E-state index is 13.6. The number of pyridine rings is 1. The zero-order chi connectivity index (χ0) is 21.0. The lowest BCUT2D eigenvalue weighted by molar-refractivity contribution is -0.136. The maximum absolute atomic E-state index is 13.6. The average molecular weight is 422 g/mol. The van der Waals surface area contributed by atoms with Crippen LogP contribution >= 0.6 is 11.6 Å². The Bertz CT molecular complexity index is 1120. The zero-order valence-corrected chi connectivity index (χ0v) is 15.7. The van der Waals surface area contributed by atoms with Crippen molar-refractivity contribution < 1.29 is 28.2 Å². The molecular formula is C21H15ClF3NO3. The van der Waals surface area contributed by atoms with Gasteiger partial charge in [-0.05, 0) is 36.6 Å². The molecule has 4 nitrogen and oxygen atoms in total. The Morgan fingerprint density at radius 1 is 1.10 bits per heavy atom. The SMILES string of the molecule is O=C(O)c1c(O)c(C2(c3ccc(Cl)cc3)CCC2)nc2c(C(F)(F)F)cccc12. The number of hydrogen-bond donors (Lipinski definition) is 2. The zero-order valence-electron chi connectivity index (χ0n) is 14.9. The number of nitrogens with zero attached hydrogens (tertiary/aromatic N) is 1. The van der Waals surface area contributed by atoms with Crippen molar-refractivity contribution >= 4 is 28.5 Å². The molecule has 29 heavy (non-hydrogen) atoms. The smallest absolute Gasteiger partial charge is 0.418 e. The summed E-state index contributed by atoms with van der Waals surface area (Å²) < 4.78 is 40.7. The highest BCUT2D eigenvalue weighted by Crippen LogP contribution is 2.52. The Hall–Kier alpha value is -2.80. The Labute approximate surface area is 168 Å². The fraction of sp³-hybridized carbons (Fsp3) is 0.238. The molecule has 150 valence electrons. The monoisotopic (exact) mass is 421 g/mol. The number of carbonyl (C=O) groups is 1. The molecule has 1 aromatic heterocycles. The van der Waals surface area contributed by atoms with Crippen LogP contribution in [-0.2, 0) is 11.6 Å². The molecular weight excluding hydrogens is 407 g/mol. The summed E-state index contributed by atoms with van der Waals surface area (Å²) in [5, 5.41) is 20.7. The summed E-state index contributed by atoms with van der Waals surface area (Å²) in [6.45, 7) is 0. The quantitative estimate of drug-likeness (QED) is 0.562. The molecule has 0 aliphatic heterocycles. The molecule has 1 fully saturated rings. The van der Waals surface area contributed by atoms with E-state index in [1.54, 1.807) is 24.3 Å². The lowest BCUT2D eigenvalue weighted by Gasteiger charge is -2.42. The fourth-order valence-corrected chi connectivity index (χ4v) is 4.14. The minimum Gasteiger partial charge on any atom is -0.505 e.